The fourth-order valence-electron chi connectivity index (χ4n) is 2.72. The molecule has 0 fully saturated rings. The Morgan fingerprint density at radius 1 is 0.969 bits per heavy atom. The molecule has 3 aromatic rings. The van der Waals surface area contributed by atoms with Crippen LogP contribution < -0.4 is 20.2 Å². The van der Waals surface area contributed by atoms with E-state index in [2.05, 4.69) is 20.8 Å². The number of aromatic nitrogens is 1. The largest absolute Gasteiger partial charge is 0.497 e. The van der Waals surface area contributed by atoms with Gasteiger partial charge in [0.2, 0.25) is 0 Å². The standard InChI is InChI=1S/C24H22N4O4/c1-31-20-11-12-22(32-2)18(14-20)15-21(27-23(29)17-8-4-3-5-9-17)24(30)28-26-16-19-10-6-7-13-25-19/h3-16H,1-2H3,(H,27,29)(H,28,30)/b21-15-,26-16-. The summed E-state index contributed by atoms with van der Waals surface area (Å²) in [6.07, 6.45) is 4.51. The lowest BCUT2D eigenvalue weighted by Gasteiger charge is -2.11. The van der Waals surface area contributed by atoms with Crippen molar-refractivity contribution < 1.29 is 19.1 Å². The van der Waals surface area contributed by atoms with Crippen molar-refractivity contribution in [2.75, 3.05) is 14.2 Å². The number of rotatable bonds is 8. The number of hydrogen-bond donors (Lipinski definition) is 2. The topological polar surface area (TPSA) is 102 Å². The first kappa shape index (κ1) is 22.2. The lowest BCUT2D eigenvalue weighted by Crippen LogP contribution is -2.32. The summed E-state index contributed by atoms with van der Waals surface area (Å²) in [5.41, 5.74) is 3.90. The van der Waals surface area contributed by atoms with Crippen molar-refractivity contribution in [1.82, 2.24) is 15.7 Å². The van der Waals surface area contributed by atoms with Crippen LogP contribution >= 0.6 is 0 Å². The van der Waals surface area contributed by atoms with Crippen LogP contribution in [0.1, 0.15) is 21.6 Å². The second kappa shape index (κ2) is 11.1. The first-order valence-corrected chi connectivity index (χ1v) is 9.65. The van der Waals surface area contributed by atoms with Crippen LogP contribution in [0.4, 0.5) is 0 Å². The molecular weight excluding hydrogens is 408 g/mol. The van der Waals surface area contributed by atoms with Gasteiger partial charge in [-0.05, 0) is 48.5 Å². The Balaban J connectivity index is 1.90. The second-order valence-electron chi connectivity index (χ2n) is 6.44. The molecule has 0 spiro atoms. The van der Waals surface area contributed by atoms with Crippen LogP contribution in [0, 0.1) is 0 Å². The third kappa shape index (κ3) is 6.02. The minimum Gasteiger partial charge on any atom is -0.497 e. The number of hydrogen-bond acceptors (Lipinski definition) is 6. The molecule has 0 unspecified atom stereocenters. The van der Waals surface area contributed by atoms with E-state index in [1.165, 1.54) is 26.5 Å². The summed E-state index contributed by atoms with van der Waals surface area (Å²) >= 11 is 0. The van der Waals surface area contributed by atoms with Crippen molar-refractivity contribution in [3.8, 4) is 11.5 Å². The molecule has 0 aliphatic rings. The van der Waals surface area contributed by atoms with Crippen molar-refractivity contribution in [3.63, 3.8) is 0 Å². The Kier molecular flexibility index (Phi) is 7.69. The monoisotopic (exact) mass is 430 g/mol. The summed E-state index contributed by atoms with van der Waals surface area (Å²) in [5.74, 6) is 0.00955. The van der Waals surface area contributed by atoms with E-state index in [0.717, 1.165) is 0 Å². The van der Waals surface area contributed by atoms with E-state index in [9.17, 15) is 9.59 Å². The molecule has 0 atom stereocenters. The zero-order chi connectivity index (χ0) is 22.8. The number of nitrogens with one attached hydrogen (secondary N) is 2. The van der Waals surface area contributed by atoms with Gasteiger partial charge in [0.1, 0.15) is 17.2 Å². The molecule has 32 heavy (non-hydrogen) atoms. The van der Waals surface area contributed by atoms with Crippen LogP contribution in [0.15, 0.2) is 83.7 Å². The Labute approximate surface area is 185 Å². The van der Waals surface area contributed by atoms with Gasteiger partial charge in [0.25, 0.3) is 11.8 Å². The van der Waals surface area contributed by atoms with E-state index in [4.69, 9.17) is 9.47 Å². The Morgan fingerprint density at radius 3 is 2.44 bits per heavy atom. The third-order valence-corrected chi connectivity index (χ3v) is 4.32. The summed E-state index contributed by atoms with van der Waals surface area (Å²) in [5, 5.41) is 6.57. The lowest BCUT2D eigenvalue weighted by atomic mass is 10.1. The van der Waals surface area contributed by atoms with Gasteiger partial charge in [-0.1, -0.05) is 24.3 Å². The summed E-state index contributed by atoms with van der Waals surface area (Å²) in [7, 11) is 3.05. The number of amides is 2. The maximum absolute atomic E-state index is 12.9. The number of pyridine rings is 1. The molecular formula is C24H22N4O4. The number of carbonyl (C=O) groups excluding carboxylic acids is 2. The highest BCUT2D eigenvalue weighted by atomic mass is 16.5. The summed E-state index contributed by atoms with van der Waals surface area (Å²) < 4.78 is 10.6. The maximum atomic E-state index is 12.9. The SMILES string of the molecule is COc1ccc(OC)c(/C=C(\NC(=O)c2ccccc2)C(=O)N/N=C\c2ccccn2)c1. The minimum absolute atomic E-state index is 0.0245. The molecule has 1 heterocycles. The maximum Gasteiger partial charge on any atom is 0.287 e. The van der Waals surface area contributed by atoms with Crippen LogP contribution in [0.3, 0.4) is 0 Å². The molecule has 8 nitrogen and oxygen atoms in total. The third-order valence-electron chi connectivity index (χ3n) is 4.32. The van der Waals surface area contributed by atoms with Gasteiger partial charge >= 0.3 is 0 Å². The van der Waals surface area contributed by atoms with Gasteiger partial charge in [-0.3, -0.25) is 14.6 Å². The highest BCUT2D eigenvalue weighted by Gasteiger charge is 2.16. The minimum atomic E-state index is -0.619. The first-order chi connectivity index (χ1) is 15.6. The van der Waals surface area contributed by atoms with Crippen molar-refractivity contribution >= 4 is 24.1 Å². The molecule has 0 aliphatic heterocycles. The summed E-state index contributed by atoms with van der Waals surface area (Å²) in [4.78, 5) is 29.6. The average molecular weight is 430 g/mol. The second-order valence-corrected chi connectivity index (χ2v) is 6.44. The van der Waals surface area contributed by atoms with E-state index in [1.54, 1.807) is 72.9 Å². The van der Waals surface area contributed by atoms with Crippen LogP contribution in [0.5, 0.6) is 11.5 Å². The van der Waals surface area contributed by atoms with Crippen LogP contribution in [0.2, 0.25) is 0 Å². The van der Waals surface area contributed by atoms with Crippen molar-refractivity contribution in [2.45, 2.75) is 0 Å². The Hall–Kier alpha value is -4.46. The Bertz CT molecular complexity index is 1130. The molecule has 2 N–H and O–H groups in total. The predicted molar refractivity (Wildman–Crippen MR) is 121 cm³/mol. The molecule has 8 heteroatoms. The zero-order valence-electron chi connectivity index (χ0n) is 17.6. The van der Waals surface area contributed by atoms with Gasteiger partial charge in [0.15, 0.2) is 0 Å². The van der Waals surface area contributed by atoms with Gasteiger partial charge in [0, 0.05) is 17.3 Å². The van der Waals surface area contributed by atoms with Crippen molar-refractivity contribution in [2.24, 2.45) is 5.10 Å². The van der Waals surface area contributed by atoms with Gasteiger partial charge in [0.05, 0.1) is 26.1 Å². The number of benzene rings is 2. The van der Waals surface area contributed by atoms with Gasteiger partial charge in [-0.25, -0.2) is 5.43 Å². The quantitative estimate of drug-likeness (QED) is 0.325. The predicted octanol–water partition coefficient (Wildman–Crippen LogP) is 3.02. The first-order valence-electron chi connectivity index (χ1n) is 9.65. The van der Waals surface area contributed by atoms with Crippen LogP contribution in [-0.4, -0.2) is 37.2 Å². The Morgan fingerprint density at radius 2 is 1.75 bits per heavy atom. The number of carbonyl (C=O) groups is 2. The van der Waals surface area contributed by atoms with E-state index in [0.29, 0.717) is 28.3 Å². The molecule has 162 valence electrons. The van der Waals surface area contributed by atoms with E-state index >= 15 is 0 Å². The smallest absolute Gasteiger partial charge is 0.287 e. The molecule has 0 aliphatic carbocycles. The fourth-order valence-corrected chi connectivity index (χ4v) is 2.72. The summed E-state index contributed by atoms with van der Waals surface area (Å²) in [6.45, 7) is 0. The molecule has 0 saturated heterocycles. The van der Waals surface area contributed by atoms with Crippen LogP contribution in [0.25, 0.3) is 6.08 Å². The molecule has 0 radical (unpaired) electrons. The van der Waals surface area contributed by atoms with Gasteiger partial charge in [-0.2, -0.15) is 5.10 Å². The van der Waals surface area contributed by atoms with E-state index < -0.39 is 11.8 Å². The highest BCUT2D eigenvalue weighted by Crippen LogP contribution is 2.26. The zero-order valence-corrected chi connectivity index (χ0v) is 17.6. The van der Waals surface area contributed by atoms with Gasteiger partial charge in [-0.15, -0.1) is 0 Å². The lowest BCUT2D eigenvalue weighted by molar-refractivity contribution is -0.117. The molecule has 1 aromatic heterocycles. The van der Waals surface area contributed by atoms with Gasteiger partial charge < -0.3 is 14.8 Å². The van der Waals surface area contributed by atoms with E-state index in [-0.39, 0.29) is 5.70 Å². The molecule has 0 saturated carbocycles. The molecule has 2 amide bonds. The summed E-state index contributed by atoms with van der Waals surface area (Å²) in [6, 6.07) is 19.0. The fraction of sp³-hybridized carbons (Fsp3) is 0.0833. The average Bonchev–Trinajstić information content (AvgIpc) is 2.84. The number of methoxy groups -OCH3 is 2. The van der Waals surface area contributed by atoms with Crippen molar-refractivity contribution in [1.29, 1.82) is 0 Å². The highest BCUT2D eigenvalue weighted by molar-refractivity contribution is 6.05. The number of hydrazone groups is 1. The molecule has 3 rings (SSSR count). The normalized spacial score (nSPS) is 11.1. The molecule has 2 aromatic carbocycles. The van der Waals surface area contributed by atoms with Crippen molar-refractivity contribution in [3.05, 3.63) is 95.4 Å². The number of nitrogens with zero attached hydrogens (tertiary/aromatic N) is 2. The number of ether oxygens (including phenoxy) is 2. The van der Waals surface area contributed by atoms with E-state index in [1.807, 2.05) is 0 Å². The van der Waals surface area contributed by atoms with Crippen LogP contribution in [-0.2, 0) is 4.79 Å². The molecule has 0 bridgehead atoms.